The van der Waals surface area contributed by atoms with Crippen molar-refractivity contribution in [1.82, 2.24) is 15.3 Å². The smallest absolute Gasteiger partial charge is 0.314 e. The Morgan fingerprint density at radius 2 is 1.79 bits per heavy atom. The standard InChI is InChI=1S/C14H19N3O2/c1-3-5-10(15-4-2)9-6-7-11-12(8-9)17-14(19)13(18)16-11/h6-8,10,15H,3-5H2,1-2H3,(H,16,18)(H,17,19). The second kappa shape index (κ2) is 5.84. The van der Waals surface area contributed by atoms with Crippen molar-refractivity contribution in [1.29, 1.82) is 0 Å². The highest BCUT2D eigenvalue weighted by atomic mass is 16.2. The van der Waals surface area contributed by atoms with Crippen LogP contribution in [0.3, 0.4) is 0 Å². The Balaban J connectivity index is 2.47. The fourth-order valence-corrected chi connectivity index (χ4v) is 2.27. The third kappa shape index (κ3) is 2.93. The molecular weight excluding hydrogens is 242 g/mol. The molecule has 102 valence electrons. The molecule has 2 rings (SSSR count). The summed E-state index contributed by atoms with van der Waals surface area (Å²) >= 11 is 0. The van der Waals surface area contributed by atoms with Gasteiger partial charge in [0.2, 0.25) is 0 Å². The van der Waals surface area contributed by atoms with Crippen LogP contribution in [0.1, 0.15) is 38.3 Å². The predicted octanol–water partition coefficient (Wildman–Crippen LogP) is 1.67. The summed E-state index contributed by atoms with van der Waals surface area (Å²) in [5.41, 5.74) is 1.22. The van der Waals surface area contributed by atoms with Crippen molar-refractivity contribution in [3.05, 3.63) is 44.5 Å². The molecule has 0 aliphatic carbocycles. The van der Waals surface area contributed by atoms with Gasteiger partial charge in [0.1, 0.15) is 0 Å². The summed E-state index contributed by atoms with van der Waals surface area (Å²) in [7, 11) is 0. The third-order valence-corrected chi connectivity index (χ3v) is 3.18. The number of hydrogen-bond donors (Lipinski definition) is 3. The first-order chi connectivity index (χ1) is 9.15. The molecular formula is C14H19N3O2. The van der Waals surface area contributed by atoms with Crippen LogP contribution in [0.4, 0.5) is 0 Å². The first-order valence-electron chi connectivity index (χ1n) is 6.65. The fourth-order valence-electron chi connectivity index (χ4n) is 2.27. The molecule has 0 aliphatic heterocycles. The number of nitrogens with one attached hydrogen (secondary N) is 3. The van der Waals surface area contributed by atoms with E-state index < -0.39 is 11.1 Å². The topological polar surface area (TPSA) is 77.8 Å². The Labute approximate surface area is 111 Å². The number of rotatable bonds is 5. The summed E-state index contributed by atoms with van der Waals surface area (Å²) in [6, 6.07) is 6.02. The summed E-state index contributed by atoms with van der Waals surface area (Å²) in [5.74, 6) is 0. The number of fused-ring (bicyclic) bond motifs is 1. The Kier molecular flexibility index (Phi) is 4.16. The average molecular weight is 261 g/mol. The van der Waals surface area contributed by atoms with E-state index in [4.69, 9.17) is 0 Å². The van der Waals surface area contributed by atoms with E-state index in [1.807, 2.05) is 18.2 Å². The summed E-state index contributed by atoms with van der Waals surface area (Å²) in [6.07, 6.45) is 2.12. The monoisotopic (exact) mass is 261 g/mol. The molecule has 2 aromatic rings. The minimum Gasteiger partial charge on any atom is -0.316 e. The van der Waals surface area contributed by atoms with Gasteiger partial charge in [-0.2, -0.15) is 0 Å². The van der Waals surface area contributed by atoms with Gasteiger partial charge in [0.05, 0.1) is 11.0 Å². The summed E-state index contributed by atoms with van der Waals surface area (Å²) < 4.78 is 0. The molecule has 0 saturated carbocycles. The number of H-pyrrole nitrogens is 2. The van der Waals surface area contributed by atoms with Crippen LogP contribution in [0.2, 0.25) is 0 Å². The molecule has 1 aromatic carbocycles. The van der Waals surface area contributed by atoms with E-state index in [1.165, 1.54) is 0 Å². The Morgan fingerprint density at radius 3 is 2.42 bits per heavy atom. The average Bonchev–Trinajstić information content (AvgIpc) is 2.39. The second-order valence-corrected chi connectivity index (χ2v) is 4.61. The molecule has 5 nitrogen and oxygen atoms in total. The molecule has 3 N–H and O–H groups in total. The first kappa shape index (κ1) is 13.5. The maximum atomic E-state index is 11.4. The van der Waals surface area contributed by atoms with Gasteiger partial charge in [-0.15, -0.1) is 0 Å². The van der Waals surface area contributed by atoms with Crippen molar-refractivity contribution in [3.63, 3.8) is 0 Å². The van der Waals surface area contributed by atoms with Crippen LogP contribution in [-0.2, 0) is 0 Å². The van der Waals surface area contributed by atoms with Gasteiger partial charge in [-0.1, -0.05) is 26.3 Å². The van der Waals surface area contributed by atoms with Crippen molar-refractivity contribution in [2.24, 2.45) is 0 Å². The lowest BCUT2D eigenvalue weighted by molar-refractivity contribution is 0.509. The van der Waals surface area contributed by atoms with Gasteiger partial charge in [-0.25, -0.2) is 0 Å². The highest BCUT2D eigenvalue weighted by Gasteiger charge is 2.10. The molecule has 0 fully saturated rings. The van der Waals surface area contributed by atoms with Crippen molar-refractivity contribution < 1.29 is 0 Å². The molecule has 0 aliphatic rings. The SMILES string of the molecule is CCCC(NCC)c1ccc2[nH]c(=O)c(=O)[nH]c2c1. The van der Waals surface area contributed by atoms with E-state index in [0.717, 1.165) is 24.9 Å². The minimum absolute atomic E-state index is 0.273. The first-order valence-corrected chi connectivity index (χ1v) is 6.65. The third-order valence-electron chi connectivity index (χ3n) is 3.18. The molecule has 1 aromatic heterocycles. The van der Waals surface area contributed by atoms with Crippen LogP contribution in [-0.4, -0.2) is 16.5 Å². The molecule has 1 unspecified atom stereocenters. The van der Waals surface area contributed by atoms with E-state index in [2.05, 4.69) is 29.1 Å². The van der Waals surface area contributed by atoms with E-state index in [0.29, 0.717) is 11.0 Å². The second-order valence-electron chi connectivity index (χ2n) is 4.61. The number of aromatic nitrogens is 2. The Bertz CT molecular complexity index is 666. The number of hydrogen-bond acceptors (Lipinski definition) is 3. The van der Waals surface area contributed by atoms with Gasteiger partial charge in [0.25, 0.3) is 0 Å². The van der Waals surface area contributed by atoms with E-state index >= 15 is 0 Å². The molecule has 1 heterocycles. The van der Waals surface area contributed by atoms with Crippen LogP contribution in [0.25, 0.3) is 11.0 Å². The van der Waals surface area contributed by atoms with E-state index in [9.17, 15) is 9.59 Å². The lowest BCUT2D eigenvalue weighted by atomic mass is 10.0. The van der Waals surface area contributed by atoms with Gasteiger partial charge in [-0.3, -0.25) is 9.59 Å². The zero-order valence-electron chi connectivity index (χ0n) is 11.2. The van der Waals surface area contributed by atoms with Gasteiger partial charge in [0.15, 0.2) is 0 Å². The summed E-state index contributed by atoms with van der Waals surface area (Å²) in [4.78, 5) is 27.8. The zero-order chi connectivity index (χ0) is 13.8. The largest absolute Gasteiger partial charge is 0.316 e. The van der Waals surface area contributed by atoms with Crippen LogP contribution in [0, 0.1) is 0 Å². The van der Waals surface area contributed by atoms with Crippen molar-refractivity contribution >= 4 is 11.0 Å². The highest BCUT2D eigenvalue weighted by Crippen LogP contribution is 2.20. The van der Waals surface area contributed by atoms with Gasteiger partial charge in [0, 0.05) is 6.04 Å². The van der Waals surface area contributed by atoms with Crippen LogP contribution in [0.15, 0.2) is 27.8 Å². The Hall–Kier alpha value is -1.88. The molecule has 0 amide bonds. The van der Waals surface area contributed by atoms with Gasteiger partial charge < -0.3 is 15.3 Å². The van der Waals surface area contributed by atoms with Crippen molar-refractivity contribution in [2.45, 2.75) is 32.7 Å². The molecule has 0 radical (unpaired) electrons. The number of benzene rings is 1. The summed E-state index contributed by atoms with van der Waals surface area (Å²) in [6.45, 7) is 5.11. The van der Waals surface area contributed by atoms with Crippen molar-refractivity contribution in [3.8, 4) is 0 Å². The van der Waals surface area contributed by atoms with Gasteiger partial charge >= 0.3 is 11.1 Å². The maximum absolute atomic E-state index is 11.4. The van der Waals surface area contributed by atoms with Crippen LogP contribution in [0.5, 0.6) is 0 Å². The lowest BCUT2D eigenvalue weighted by Crippen LogP contribution is -2.29. The Morgan fingerprint density at radius 1 is 1.11 bits per heavy atom. The molecule has 0 spiro atoms. The van der Waals surface area contributed by atoms with Crippen LogP contribution < -0.4 is 16.4 Å². The predicted molar refractivity (Wildman–Crippen MR) is 76.5 cm³/mol. The van der Waals surface area contributed by atoms with Gasteiger partial charge in [-0.05, 0) is 30.7 Å². The minimum atomic E-state index is -0.614. The maximum Gasteiger partial charge on any atom is 0.314 e. The molecule has 0 bridgehead atoms. The molecule has 0 saturated heterocycles. The molecule has 5 heteroatoms. The van der Waals surface area contributed by atoms with E-state index in [-0.39, 0.29) is 6.04 Å². The summed E-state index contributed by atoms with van der Waals surface area (Å²) in [5, 5.41) is 3.43. The van der Waals surface area contributed by atoms with Crippen molar-refractivity contribution in [2.75, 3.05) is 6.54 Å². The molecule has 1 atom stereocenters. The molecule has 19 heavy (non-hydrogen) atoms. The fraction of sp³-hybridized carbons (Fsp3) is 0.429. The lowest BCUT2D eigenvalue weighted by Gasteiger charge is -2.17. The highest BCUT2D eigenvalue weighted by molar-refractivity contribution is 5.74. The number of aromatic amines is 2. The normalized spacial score (nSPS) is 12.7. The van der Waals surface area contributed by atoms with Crippen LogP contribution >= 0.6 is 0 Å². The quantitative estimate of drug-likeness (QED) is 0.716. The van der Waals surface area contributed by atoms with E-state index in [1.54, 1.807) is 0 Å². The zero-order valence-corrected chi connectivity index (χ0v) is 11.2.